The maximum absolute atomic E-state index is 12.1. The Balaban J connectivity index is 1.51. The summed E-state index contributed by atoms with van der Waals surface area (Å²) in [5.74, 6) is 2.10. The number of carbonyl (C=O) groups is 1. The number of nitrogens with two attached hydrogens (primary N) is 1. The maximum Gasteiger partial charge on any atom is 0.248 e. The van der Waals surface area contributed by atoms with Crippen molar-refractivity contribution >= 4 is 34.5 Å². The van der Waals surface area contributed by atoms with Crippen molar-refractivity contribution in [3.05, 3.63) is 11.6 Å². The number of carbonyl (C=O) groups excluding carboxylic acids is 1. The molecule has 2 aromatic heterocycles. The number of ether oxygens (including phenoxy) is 2. The zero-order valence-corrected chi connectivity index (χ0v) is 16.7. The number of nitrogens with zero attached hydrogens (tertiary/aromatic N) is 5. The van der Waals surface area contributed by atoms with Gasteiger partial charge >= 0.3 is 0 Å². The molecule has 30 heavy (non-hydrogen) atoms. The minimum absolute atomic E-state index is 0.0590. The fraction of sp³-hybridized carbons (Fsp3) is 0.556. The largest absolute Gasteiger partial charge is 0.384 e. The summed E-state index contributed by atoms with van der Waals surface area (Å²) >= 11 is 5.88. The Morgan fingerprint density at radius 3 is 2.90 bits per heavy atom. The molecule has 160 valence electrons. The molecule has 4 N–H and O–H groups in total. The predicted octanol–water partition coefficient (Wildman–Crippen LogP) is -0.676. The van der Waals surface area contributed by atoms with Crippen molar-refractivity contribution in [3.8, 4) is 12.3 Å². The van der Waals surface area contributed by atoms with Gasteiger partial charge in [0.1, 0.15) is 24.3 Å². The Hall–Kier alpha value is -2.49. The highest BCUT2D eigenvalue weighted by Crippen LogP contribution is 2.38. The van der Waals surface area contributed by atoms with E-state index in [0.717, 1.165) is 12.8 Å². The number of rotatable bonds is 5. The number of terminal acetylenes is 1. The van der Waals surface area contributed by atoms with Crippen LogP contribution < -0.4 is 5.73 Å². The van der Waals surface area contributed by atoms with Gasteiger partial charge in [-0.3, -0.25) is 9.36 Å². The molecule has 2 saturated heterocycles. The first kappa shape index (κ1) is 20.8. The quantitative estimate of drug-likeness (QED) is 0.409. The molecule has 2 aliphatic heterocycles. The smallest absolute Gasteiger partial charge is 0.248 e. The van der Waals surface area contributed by atoms with Gasteiger partial charge in [0.2, 0.25) is 11.2 Å². The van der Waals surface area contributed by atoms with E-state index in [4.69, 9.17) is 33.2 Å². The standard InChI is InChI=1S/C18H21ClN6O5/c1-2-18(28)10(7-29-8-11(26)24-5-3-4-6-24)30-16(13(18)27)25-9-21-12-14(20)22-17(19)23-15(12)25/h1,9-10,13,16,27-28H,3-8H2,(H2,20,22,23)/t10-,13+,16-,18-/m1/s1. The molecule has 2 aromatic rings. The van der Waals surface area contributed by atoms with E-state index in [2.05, 4.69) is 20.9 Å². The van der Waals surface area contributed by atoms with Crippen LogP contribution >= 0.6 is 11.6 Å². The van der Waals surface area contributed by atoms with Crippen LogP contribution in [0, 0.1) is 12.3 Å². The van der Waals surface area contributed by atoms with E-state index in [1.807, 2.05) is 0 Å². The third-order valence-electron chi connectivity index (χ3n) is 5.40. The summed E-state index contributed by atoms with van der Waals surface area (Å²) in [5.41, 5.74) is 4.22. The molecule has 1 amide bonds. The second kappa shape index (κ2) is 7.98. The van der Waals surface area contributed by atoms with Gasteiger partial charge in [-0.2, -0.15) is 9.97 Å². The van der Waals surface area contributed by atoms with E-state index in [1.54, 1.807) is 4.90 Å². The summed E-state index contributed by atoms with van der Waals surface area (Å²) in [6.45, 7) is 1.05. The van der Waals surface area contributed by atoms with Crippen LogP contribution in [0.5, 0.6) is 0 Å². The summed E-state index contributed by atoms with van der Waals surface area (Å²) in [5, 5.41) is 21.5. The number of aliphatic hydroxyl groups is 2. The van der Waals surface area contributed by atoms with Crippen molar-refractivity contribution in [1.82, 2.24) is 24.4 Å². The number of hydrogen-bond acceptors (Lipinski definition) is 9. The van der Waals surface area contributed by atoms with Crippen LogP contribution in [0.25, 0.3) is 11.2 Å². The summed E-state index contributed by atoms with van der Waals surface area (Å²) < 4.78 is 12.6. The monoisotopic (exact) mass is 436 g/mol. The maximum atomic E-state index is 12.1. The fourth-order valence-corrected chi connectivity index (χ4v) is 3.90. The minimum atomic E-state index is -2.06. The molecule has 0 bridgehead atoms. The molecule has 11 nitrogen and oxygen atoms in total. The van der Waals surface area contributed by atoms with Crippen LogP contribution in [0.2, 0.25) is 5.28 Å². The van der Waals surface area contributed by atoms with E-state index in [-0.39, 0.29) is 41.4 Å². The average molecular weight is 437 g/mol. The molecule has 4 atom stereocenters. The summed E-state index contributed by atoms with van der Waals surface area (Å²) in [6.07, 6.45) is 5.01. The molecule has 2 fully saturated rings. The molecule has 2 aliphatic rings. The van der Waals surface area contributed by atoms with Crippen LogP contribution in [0.1, 0.15) is 19.1 Å². The first-order valence-corrected chi connectivity index (χ1v) is 9.77. The molecule has 4 heterocycles. The number of anilines is 1. The van der Waals surface area contributed by atoms with Crippen molar-refractivity contribution in [2.75, 3.05) is 32.0 Å². The lowest BCUT2D eigenvalue weighted by Gasteiger charge is -2.25. The second-order valence-corrected chi connectivity index (χ2v) is 7.57. The number of halogens is 1. The molecule has 0 aliphatic carbocycles. The van der Waals surface area contributed by atoms with Gasteiger partial charge in [0, 0.05) is 13.1 Å². The fourth-order valence-electron chi connectivity index (χ4n) is 3.72. The average Bonchev–Trinajstić information content (AvgIpc) is 3.43. The third-order valence-corrected chi connectivity index (χ3v) is 5.56. The van der Waals surface area contributed by atoms with Gasteiger partial charge in [0.25, 0.3) is 0 Å². The number of likely N-dealkylation sites (tertiary alicyclic amines) is 1. The Morgan fingerprint density at radius 1 is 1.47 bits per heavy atom. The molecule has 4 rings (SSSR count). The van der Waals surface area contributed by atoms with Crippen LogP contribution in [-0.4, -0.2) is 84.7 Å². The second-order valence-electron chi connectivity index (χ2n) is 7.23. The highest BCUT2D eigenvalue weighted by atomic mass is 35.5. The number of hydrogen-bond donors (Lipinski definition) is 3. The lowest BCUT2D eigenvalue weighted by molar-refractivity contribution is -0.138. The summed E-state index contributed by atoms with van der Waals surface area (Å²) in [6, 6.07) is 0. The van der Waals surface area contributed by atoms with Gasteiger partial charge in [-0.05, 0) is 24.4 Å². The zero-order valence-electron chi connectivity index (χ0n) is 15.9. The molecule has 12 heteroatoms. The molecule has 0 aromatic carbocycles. The zero-order chi connectivity index (χ0) is 21.5. The molecular formula is C18H21ClN6O5. The van der Waals surface area contributed by atoms with Gasteiger partial charge in [0.15, 0.2) is 23.3 Å². The van der Waals surface area contributed by atoms with E-state index >= 15 is 0 Å². The molecular weight excluding hydrogens is 416 g/mol. The first-order chi connectivity index (χ1) is 14.3. The molecule has 0 spiro atoms. The number of amides is 1. The van der Waals surface area contributed by atoms with E-state index in [1.165, 1.54) is 10.9 Å². The normalized spacial score (nSPS) is 28.9. The SMILES string of the molecule is C#C[C@@]1(O)[C@@H](COCC(=O)N2CCCC2)O[C@@H](n2cnc3c(N)nc(Cl)nc32)[C@@H]1O. The summed E-state index contributed by atoms with van der Waals surface area (Å²) in [7, 11) is 0. The van der Waals surface area contributed by atoms with E-state index in [0.29, 0.717) is 13.1 Å². The van der Waals surface area contributed by atoms with Gasteiger partial charge in [-0.25, -0.2) is 4.98 Å². The van der Waals surface area contributed by atoms with Crippen molar-refractivity contribution in [1.29, 1.82) is 0 Å². The predicted molar refractivity (Wildman–Crippen MR) is 105 cm³/mol. The Bertz CT molecular complexity index is 1000. The van der Waals surface area contributed by atoms with Gasteiger partial charge in [-0.1, -0.05) is 5.92 Å². The highest BCUT2D eigenvalue weighted by molar-refractivity contribution is 6.28. The minimum Gasteiger partial charge on any atom is -0.384 e. The third kappa shape index (κ3) is 3.46. The lowest BCUT2D eigenvalue weighted by Crippen LogP contribution is -2.48. The Morgan fingerprint density at radius 2 is 2.20 bits per heavy atom. The van der Waals surface area contributed by atoms with Gasteiger partial charge < -0.3 is 30.3 Å². The van der Waals surface area contributed by atoms with E-state index in [9.17, 15) is 15.0 Å². The number of aromatic nitrogens is 4. The van der Waals surface area contributed by atoms with Crippen LogP contribution in [0.15, 0.2) is 6.33 Å². The number of nitrogen functional groups attached to an aromatic ring is 1. The first-order valence-electron chi connectivity index (χ1n) is 9.40. The number of fused-ring (bicyclic) bond motifs is 1. The lowest BCUT2D eigenvalue weighted by atomic mass is 9.93. The number of imidazole rings is 1. The molecule has 0 unspecified atom stereocenters. The van der Waals surface area contributed by atoms with Crippen molar-refractivity contribution in [3.63, 3.8) is 0 Å². The van der Waals surface area contributed by atoms with Crippen LogP contribution in [0.3, 0.4) is 0 Å². The van der Waals surface area contributed by atoms with E-state index < -0.39 is 24.0 Å². The van der Waals surface area contributed by atoms with Gasteiger partial charge in [0.05, 0.1) is 12.9 Å². The molecule has 0 saturated carbocycles. The number of aliphatic hydroxyl groups excluding tert-OH is 1. The highest BCUT2D eigenvalue weighted by Gasteiger charge is 2.55. The van der Waals surface area contributed by atoms with Crippen molar-refractivity contribution in [2.45, 2.75) is 36.9 Å². The topological polar surface area (TPSA) is 149 Å². The summed E-state index contributed by atoms with van der Waals surface area (Å²) in [4.78, 5) is 25.9. The van der Waals surface area contributed by atoms with Crippen LogP contribution in [0.4, 0.5) is 5.82 Å². The van der Waals surface area contributed by atoms with Crippen molar-refractivity contribution < 1.29 is 24.5 Å². The Labute approximate surface area is 176 Å². The Kier molecular flexibility index (Phi) is 5.52. The van der Waals surface area contributed by atoms with Crippen molar-refractivity contribution in [2.24, 2.45) is 0 Å². The van der Waals surface area contributed by atoms with Crippen LogP contribution in [-0.2, 0) is 14.3 Å². The van der Waals surface area contributed by atoms with Gasteiger partial charge in [-0.15, -0.1) is 6.42 Å². The molecule has 0 radical (unpaired) electrons.